The summed E-state index contributed by atoms with van der Waals surface area (Å²) in [6, 6.07) is 13.4. The molecule has 1 fully saturated rings. The number of carbonyl (C=O) groups is 2. The van der Waals surface area contributed by atoms with Gasteiger partial charge in [0.25, 0.3) is 0 Å². The van der Waals surface area contributed by atoms with Crippen LogP contribution in [0.3, 0.4) is 0 Å². The summed E-state index contributed by atoms with van der Waals surface area (Å²) in [5.41, 5.74) is 1.36. The van der Waals surface area contributed by atoms with Gasteiger partial charge in [-0.3, -0.25) is 14.5 Å². The van der Waals surface area contributed by atoms with Crippen molar-refractivity contribution in [1.82, 2.24) is 9.80 Å². The number of hydrogen-bond donors (Lipinski definition) is 1. The van der Waals surface area contributed by atoms with E-state index in [0.29, 0.717) is 36.9 Å². The minimum Gasteiger partial charge on any atom is -0.340 e. The van der Waals surface area contributed by atoms with Crippen LogP contribution in [-0.2, 0) is 25.8 Å². The highest BCUT2D eigenvalue weighted by Crippen LogP contribution is 2.17. The summed E-state index contributed by atoms with van der Waals surface area (Å²) in [4.78, 5) is 28.8. The Balaban J connectivity index is 1.45. The molecule has 1 aliphatic heterocycles. The van der Waals surface area contributed by atoms with Gasteiger partial charge in [-0.25, -0.2) is 8.42 Å². The molecule has 9 heteroatoms. The van der Waals surface area contributed by atoms with Gasteiger partial charge in [-0.05, 0) is 35.9 Å². The summed E-state index contributed by atoms with van der Waals surface area (Å²) in [5, 5.41) is 3.36. The van der Waals surface area contributed by atoms with Gasteiger partial charge >= 0.3 is 0 Å². The molecular weight excluding hydrogens is 426 g/mol. The number of hydrogen-bond acceptors (Lipinski definition) is 5. The lowest BCUT2D eigenvalue weighted by atomic mass is 10.1. The normalized spacial score (nSPS) is 15.1. The number of anilines is 1. The molecule has 0 aromatic heterocycles. The van der Waals surface area contributed by atoms with Crippen molar-refractivity contribution in [3.05, 3.63) is 59.1 Å². The van der Waals surface area contributed by atoms with E-state index in [2.05, 4.69) is 5.32 Å². The molecule has 2 aromatic carbocycles. The van der Waals surface area contributed by atoms with Gasteiger partial charge in [0, 0.05) is 43.1 Å². The molecule has 2 aromatic rings. The van der Waals surface area contributed by atoms with Crippen molar-refractivity contribution < 1.29 is 18.0 Å². The minimum absolute atomic E-state index is 0.0261. The molecule has 0 spiro atoms. The second-order valence-electron chi connectivity index (χ2n) is 7.27. The lowest BCUT2D eigenvalue weighted by Gasteiger charge is -2.34. The SMILES string of the molecule is CS(=O)(=O)c1ccc(NC(=O)CN2CCN(C(=O)Cc3ccccc3Cl)CC2)cc1. The van der Waals surface area contributed by atoms with Gasteiger partial charge in [-0.15, -0.1) is 0 Å². The van der Waals surface area contributed by atoms with Crippen LogP contribution >= 0.6 is 11.6 Å². The van der Waals surface area contributed by atoms with Crippen LogP contribution in [0.25, 0.3) is 0 Å². The fourth-order valence-corrected chi connectivity index (χ4v) is 4.09. The van der Waals surface area contributed by atoms with Crippen molar-refractivity contribution in [1.29, 1.82) is 0 Å². The van der Waals surface area contributed by atoms with E-state index in [1.807, 2.05) is 23.1 Å². The first-order valence-corrected chi connectivity index (χ1v) is 11.8. The average molecular weight is 450 g/mol. The number of amides is 2. The predicted octanol–water partition coefficient (Wildman–Crippen LogP) is 2.07. The van der Waals surface area contributed by atoms with Crippen LogP contribution in [-0.4, -0.2) is 69.0 Å². The molecule has 2 amide bonds. The highest BCUT2D eigenvalue weighted by molar-refractivity contribution is 7.90. The predicted molar refractivity (Wildman–Crippen MR) is 116 cm³/mol. The van der Waals surface area contributed by atoms with E-state index >= 15 is 0 Å². The summed E-state index contributed by atoms with van der Waals surface area (Å²) in [5.74, 6) is -0.156. The van der Waals surface area contributed by atoms with Crippen molar-refractivity contribution in [3.8, 4) is 0 Å². The number of carbonyl (C=O) groups excluding carboxylic acids is 2. The molecule has 1 aliphatic rings. The first-order valence-electron chi connectivity index (χ1n) is 9.56. The van der Waals surface area contributed by atoms with E-state index < -0.39 is 9.84 Å². The maximum Gasteiger partial charge on any atom is 0.238 e. The fraction of sp³-hybridized carbons (Fsp3) is 0.333. The molecular formula is C21H24ClN3O4S. The zero-order valence-corrected chi connectivity index (χ0v) is 18.2. The summed E-state index contributed by atoms with van der Waals surface area (Å²) >= 11 is 6.13. The summed E-state index contributed by atoms with van der Waals surface area (Å²) < 4.78 is 23.0. The van der Waals surface area contributed by atoms with E-state index in [9.17, 15) is 18.0 Å². The van der Waals surface area contributed by atoms with E-state index in [1.54, 1.807) is 23.1 Å². The van der Waals surface area contributed by atoms with E-state index in [1.165, 1.54) is 12.1 Å². The Hall–Kier alpha value is -2.42. The van der Waals surface area contributed by atoms with Crippen LogP contribution < -0.4 is 5.32 Å². The minimum atomic E-state index is -3.27. The molecule has 0 atom stereocenters. The second-order valence-corrected chi connectivity index (χ2v) is 9.69. The van der Waals surface area contributed by atoms with Gasteiger partial charge < -0.3 is 10.2 Å². The number of sulfone groups is 1. The largest absolute Gasteiger partial charge is 0.340 e. The Kier molecular flexibility index (Phi) is 7.12. The lowest BCUT2D eigenvalue weighted by Crippen LogP contribution is -2.50. The molecule has 1 saturated heterocycles. The molecule has 0 saturated carbocycles. The summed E-state index contributed by atoms with van der Waals surface area (Å²) in [6.45, 7) is 2.53. The third kappa shape index (κ3) is 6.04. The van der Waals surface area contributed by atoms with E-state index in [4.69, 9.17) is 11.6 Å². The molecule has 0 bridgehead atoms. The average Bonchev–Trinajstić information content (AvgIpc) is 2.70. The second kappa shape index (κ2) is 9.59. The number of piperazine rings is 1. The van der Waals surface area contributed by atoms with Gasteiger partial charge in [-0.1, -0.05) is 29.8 Å². The first-order chi connectivity index (χ1) is 14.2. The van der Waals surface area contributed by atoms with Crippen molar-refractivity contribution in [2.45, 2.75) is 11.3 Å². The molecule has 0 unspecified atom stereocenters. The first kappa shape index (κ1) is 22.3. The van der Waals surface area contributed by atoms with Crippen molar-refractivity contribution in [2.24, 2.45) is 0 Å². The molecule has 1 heterocycles. The van der Waals surface area contributed by atoms with Gasteiger partial charge in [0.1, 0.15) is 0 Å². The highest BCUT2D eigenvalue weighted by atomic mass is 35.5. The van der Waals surface area contributed by atoms with Gasteiger partial charge in [0.2, 0.25) is 11.8 Å². The molecule has 30 heavy (non-hydrogen) atoms. The van der Waals surface area contributed by atoms with Gasteiger partial charge in [0.15, 0.2) is 9.84 Å². The number of benzene rings is 2. The van der Waals surface area contributed by atoms with Crippen molar-refractivity contribution >= 4 is 38.9 Å². The zero-order valence-electron chi connectivity index (χ0n) is 16.7. The quantitative estimate of drug-likeness (QED) is 0.729. The van der Waals surface area contributed by atoms with Gasteiger partial charge in [-0.2, -0.15) is 0 Å². The number of nitrogens with zero attached hydrogens (tertiary/aromatic N) is 2. The van der Waals surface area contributed by atoms with Crippen molar-refractivity contribution in [3.63, 3.8) is 0 Å². The molecule has 7 nitrogen and oxygen atoms in total. The third-order valence-corrected chi connectivity index (χ3v) is 6.46. The van der Waals surface area contributed by atoms with E-state index in [-0.39, 0.29) is 29.7 Å². The molecule has 1 N–H and O–H groups in total. The van der Waals surface area contributed by atoms with Crippen LogP contribution in [0.4, 0.5) is 5.69 Å². The lowest BCUT2D eigenvalue weighted by molar-refractivity contribution is -0.132. The van der Waals surface area contributed by atoms with Crippen LogP contribution in [0.2, 0.25) is 5.02 Å². The number of nitrogens with one attached hydrogen (secondary N) is 1. The Labute approximate surface area is 181 Å². The maximum absolute atomic E-state index is 12.5. The zero-order chi connectivity index (χ0) is 21.7. The Bertz CT molecular complexity index is 1020. The topological polar surface area (TPSA) is 86.8 Å². The third-order valence-electron chi connectivity index (χ3n) is 4.96. The monoisotopic (exact) mass is 449 g/mol. The number of halogens is 1. The Morgan fingerprint density at radius 3 is 2.23 bits per heavy atom. The fourth-order valence-electron chi connectivity index (χ4n) is 3.26. The maximum atomic E-state index is 12.5. The summed E-state index contributed by atoms with van der Waals surface area (Å²) in [6.07, 6.45) is 1.41. The Morgan fingerprint density at radius 2 is 1.63 bits per heavy atom. The smallest absolute Gasteiger partial charge is 0.238 e. The van der Waals surface area contributed by atoms with Gasteiger partial charge in [0.05, 0.1) is 17.9 Å². The van der Waals surface area contributed by atoms with Crippen LogP contribution in [0.15, 0.2) is 53.4 Å². The van der Waals surface area contributed by atoms with Crippen LogP contribution in [0, 0.1) is 0 Å². The molecule has 0 aliphatic carbocycles. The molecule has 0 radical (unpaired) electrons. The van der Waals surface area contributed by atoms with E-state index in [0.717, 1.165) is 11.8 Å². The standard InChI is InChI=1S/C21H24ClN3O4S/c1-30(28,29)18-8-6-17(7-9-18)23-20(26)15-24-10-12-25(13-11-24)21(27)14-16-4-2-3-5-19(16)22/h2-9H,10-15H2,1H3,(H,23,26). The van der Waals surface area contributed by atoms with Crippen molar-refractivity contribution in [2.75, 3.05) is 44.3 Å². The molecule has 3 rings (SSSR count). The van der Waals surface area contributed by atoms with Crippen LogP contribution in [0.1, 0.15) is 5.56 Å². The molecule has 160 valence electrons. The number of rotatable bonds is 6. The van der Waals surface area contributed by atoms with Crippen LogP contribution in [0.5, 0.6) is 0 Å². The highest BCUT2D eigenvalue weighted by Gasteiger charge is 2.23. The Morgan fingerprint density at radius 1 is 1.00 bits per heavy atom. The summed E-state index contributed by atoms with van der Waals surface area (Å²) in [7, 11) is -3.27.